The van der Waals surface area contributed by atoms with E-state index in [1.165, 1.54) is 25.3 Å². The third kappa shape index (κ3) is 3.74. The second-order valence-electron chi connectivity index (χ2n) is 5.83. The zero-order chi connectivity index (χ0) is 20.0. The van der Waals surface area contributed by atoms with E-state index in [4.69, 9.17) is 16.3 Å². The highest BCUT2D eigenvalue weighted by Crippen LogP contribution is 2.54. The van der Waals surface area contributed by atoms with Crippen LogP contribution in [0.25, 0.3) is 0 Å². The Morgan fingerprint density at radius 3 is 2.63 bits per heavy atom. The number of nitrogens with zero attached hydrogens (tertiary/aromatic N) is 2. The van der Waals surface area contributed by atoms with E-state index in [-0.39, 0.29) is 22.2 Å². The highest BCUT2D eigenvalue weighted by atomic mass is 35.5. The highest BCUT2D eigenvalue weighted by Gasteiger charge is 2.57. The lowest BCUT2D eigenvalue weighted by atomic mass is 10.3. The Kier molecular flexibility index (Phi) is 4.85. The molecule has 7 nitrogen and oxygen atoms in total. The number of hydrogen-bond donors (Lipinski definition) is 1. The minimum Gasteiger partial charge on any atom is -0.495 e. The smallest absolute Gasteiger partial charge is 0.393 e. The van der Waals surface area contributed by atoms with Crippen LogP contribution in [0.3, 0.4) is 0 Å². The van der Waals surface area contributed by atoms with Gasteiger partial charge in [0.2, 0.25) is 0 Å². The number of carbonyl (C=O) groups excluding carboxylic acids is 1. The molecule has 1 aliphatic carbocycles. The maximum Gasteiger partial charge on any atom is 0.393 e. The number of amides is 1. The number of aromatic nitrogens is 2. The number of rotatable bonds is 5. The normalized spacial score (nSPS) is 19.6. The van der Waals surface area contributed by atoms with Crippen molar-refractivity contribution < 1.29 is 31.1 Å². The number of ether oxygens (including phenoxy) is 1. The van der Waals surface area contributed by atoms with E-state index >= 15 is 0 Å². The van der Waals surface area contributed by atoms with Crippen molar-refractivity contribution in [3.05, 3.63) is 41.4 Å². The van der Waals surface area contributed by atoms with Crippen molar-refractivity contribution >= 4 is 27.5 Å². The van der Waals surface area contributed by atoms with E-state index in [0.29, 0.717) is 0 Å². The summed E-state index contributed by atoms with van der Waals surface area (Å²) in [7, 11) is -3.04. The van der Waals surface area contributed by atoms with Gasteiger partial charge in [-0.2, -0.15) is 13.2 Å². The number of imidazole rings is 1. The van der Waals surface area contributed by atoms with Gasteiger partial charge in [-0.25, -0.2) is 18.1 Å². The molecule has 0 radical (unpaired) electrons. The monoisotopic (exact) mass is 423 g/mol. The van der Waals surface area contributed by atoms with Gasteiger partial charge in [0.05, 0.1) is 19.4 Å². The van der Waals surface area contributed by atoms with Crippen LogP contribution in [0.15, 0.2) is 35.5 Å². The molecule has 3 rings (SSSR count). The summed E-state index contributed by atoms with van der Waals surface area (Å²) in [6.45, 7) is 0. The maximum atomic E-state index is 12.7. The van der Waals surface area contributed by atoms with Crippen LogP contribution in [-0.4, -0.2) is 37.2 Å². The Bertz CT molecular complexity index is 990. The number of methoxy groups -OCH3 is 1. The summed E-state index contributed by atoms with van der Waals surface area (Å²) in [5.74, 6) is -2.72. The Morgan fingerprint density at radius 1 is 1.37 bits per heavy atom. The molecule has 1 fully saturated rings. The fraction of sp³-hybridized carbons (Fsp3) is 0.333. The van der Waals surface area contributed by atoms with Crippen molar-refractivity contribution in [1.29, 1.82) is 0 Å². The number of alkyl halides is 3. The lowest BCUT2D eigenvalue weighted by Gasteiger charge is -2.10. The third-order valence-corrected chi connectivity index (χ3v) is 5.81. The molecule has 2 atom stereocenters. The topological polar surface area (TPSA) is 90.3 Å². The average Bonchev–Trinajstić information content (AvgIpc) is 3.31. The summed E-state index contributed by atoms with van der Waals surface area (Å²) < 4.78 is 70.7. The number of hydrogen-bond acceptors (Lipinski definition) is 5. The molecule has 0 saturated heterocycles. The molecule has 0 spiro atoms. The van der Waals surface area contributed by atoms with Gasteiger partial charge in [-0.05, 0) is 18.6 Å². The molecule has 27 heavy (non-hydrogen) atoms. The van der Waals surface area contributed by atoms with Gasteiger partial charge in [-0.1, -0.05) is 23.7 Å². The molecule has 146 valence electrons. The predicted molar refractivity (Wildman–Crippen MR) is 88.1 cm³/mol. The number of benzene rings is 1. The molecule has 1 aliphatic rings. The summed E-state index contributed by atoms with van der Waals surface area (Å²) >= 11 is 5.96. The van der Waals surface area contributed by atoms with E-state index in [1.807, 2.05) is 0 Å². The van der Waals surface area contributed by atoms with Crippen molar-refractivity contribution in [2.45, 2.75) is 23.5 Å². The fourth-order valence-electron chi connectivity index (χ4n) is 2.64. The lowest BCUT2D eigenvalue weighted by molar-refractivity contribution is -0.150. The van der Waals surface area contributed by atoms with Crippen LogP contribution in [0.1, 0.15) is 23.0 Å². The quantitative estimate of drug-likeness (QED) is 0.798. The van der Waals surface area contributed by atoms with Gasteiger partial charge >= 0.3 is 6.18 Å². The standard InChI is InChI=1S/C15H13ClF3N3O4S/c1-26-10-4-2-3-5-11(10)27(24,25)21-14(23)12-13(16)22(7-20-12)9-6-8(9)15(17,18)19/h2-5,7-9H,6H2,1H3,(H,21,23). The van der Waals surface area contributed by atoms with Gasteiger partial charge in [0.15, 0.2) is 5.69 Å². The SMILES string of the molecule is COc1ccccc1S(=O)(=O)NC(=O)c1ncn(C2CC2C(F)(F)F)c1Cl. The Hall–Kier alpha value is -2.27. The fourth-order valence-corrected chi connectivity index (χ4v) is 4.06. The number of sulfonamides is 1. The van der Waals surface area contributed by atoms with E-state index in [9.17, 15) is 26.4 Å². The maximum absolute atomic E-state index is 12.7. The Balaban J connectivity index is 1.82. The number of halogens is 4. The van der Waals surface area contributed by atoms with Crippen LogP contribution >= 0.6 is 11.6 Å². The summed E-state index contributed by atoms with van der Waals surface area (Å²) in [5, 5.41) is -0.362. The summed E-state index contributed by atoms with van der Waals surface area (Å²) in [6, 6.07) is 4.65. The number of para-hydroxylation sites is 1. The van der Waals surface area contributed by atoms with Crippen LogP contribution in [-0.2, 0) is 10.0 Å². The van der Waals surface area contributed by atoms with Crippen molar-refractivity contribution in [3.8, 4) is 5.75 Å². The van der Waals surface area contributed by atoms with Gasteiger partial charge in [-0.15, -0.1) is 0 Å². The van der Waals surface area contributed by atoms with Crippen LogP contribution in [0.5, 0.6) is 5.75 Å². The number of nitrogens with one attached hydrogen (secondary N) is 1. The van der Waals surface area contributed by atoms with Gasteiger partial charge in [-0.3, -0.25) is 4.79 Å². The van der Waals surface area contributed by atoms with E-state index in [0.717, 1.165) is 10.9 Å². The van der Waals surface area contributed by atoms with Crippen LogP contribution < -0.4 is 9.46 Å². The molecule has 1 amide bonds. The lowest BCUT2D eigenvalue weighted by Crippen LogP contribution is -2.31. The molecule has 2 unspecified atom stereocenters. The molecule has 0 bridgehead atoms. The summed E-state index contributed by atoms with van der Waals surface area (Å²) in [4.78, 5) is 15.7. The molecule has 0 aliphatic heterocycles. The molecule has 12 heteroatoms. The minimum absolute atomic E-state index is 0.0143. The van der Waals surface area contributed by atoms with Crippen LogP contribution in [0.4, 0.5) is 13.2 Å². The van der Waals surface area contributed by atoms with Gasteiger partial charge in [0.25, 0.3) is 15.9 Å². The van der Waals surface area contributed by atoms with Gasteiger partial charge < -0.3 is 9.30 Å². The molecular weight excluding hydrogens is 411 g/mol. The van der Waals surface area contributed by atoms with E-state index in [1.54, 1.807) is 10.8 Å². The molecular formula is C15H13ClF3N3O4S. The predicted octanol–water partition coefficient (Wildman–Crippen LogP) is 2.79. The first-order valence-corrected chi connectivity index (χ1v) is 9.41. The summed E-state index contributed by atoms with van der Waals surface area (Å²) in [6.07, 6.45) is -3.57. The van der Waals surface area contributed by atoms with Crippen molar-refractivity contribution in [3.63, 3.8) is 0 Å². The van der Waals surface area contributed by atoms with Crippen molar-refractivity contribution in [2.24, 2.45) is 5.92 Å². The molecule has 1 N–H and O–H groups in total. The van der Waals surface area contributed by atoms with E-state index in [2.05, 4.69) is 4.98 Å². The molecule has 1 aromatic heterocycles. The van der Waals surface area contributed by atoms with E-state index < -0.39 is 39.8 Å². The van der Waals surface area contributed by atoms with Crippen LogP contribution in [0, 0.1) is 5.92 Å². The van der Waals surface area contributed by atoms with Gasteiger partial charge in [0, 0.05) is 6.04 Å². The first-order chi connectivity index (χ1) is 12.6. The average molecular weight is 424 g/mol. The third-order valence-electron chi connectivity index (χ3n) is 4.07. The zero-order valence-corrected chi connectivity index (χ0v) is 15.3. The van der Waals surface area contributed by atoms with Crippen LogP contribution in [0.2, 0.25) is 5.15 Å². The Labute approximate surface area is 157 Å². The Morgan fingerprint density at radius 2 is 2.04 bits per heavy atom. The highest BCUT2D eigenvalue weighted by molar-refractivity contribution is 7.90. The second-order valence-corrected chi connectivity index (χ2v) is 7.84. The largest absolute Gasteiger partial charge is 0.495 e. The first-order valence-electron chi connectivity index (χ1n) is 7.55. The minimum atomic E-state index is -4.38. The molecule has 1 aromatic carbocycles. The second kappa shape index (κ2) is 6.71. The molecule has 1 heterocycles. The zero-order valence-electron chi connectivity index (χ0n) is 13.7. The molecule has 2 aromatic rings. The van der Waals surface area contributed by atoms with Gasteiger partial charge in [0.1, 0.15) is 15.8 Å². The first kappa shape index (κ1) is 19.5. The summed E-state index contributed by atoms with van der Waals surface area (Å²) in [5.41, 5.74) is -0.483. The van der Waals surface area contributed by atoms with Crippen molar-refractivity contribution in [1.82, 2.24) is 14.3 Å². The molecule has 1 saturated carbocycles. The number of carbonyl (C=O) groups is 1. The van der Waals surface area contributed by atoms with Crippen molar-refractivity contribution in [2.75, 3.05) is 7.11 Å².